The summed E-state index contributed by atoms with van der Waals surface area (Å²) in [6.45, 7) is 2.87. The van der Waals surface area contributed by atoms with Crippen LogP contribution in [0.15, 0.2) is 54.6 Å². The largest absolute Gasteiger partial charge is 0.494 e. The molecule has 1 atom stereocenters. The zero-order valence-corrected chi connectivity index (χ0v) is 12.8. The van der Waals surface area contributed by atoms with Crippen LogP contribution < -0.4 is 10.5 Å². The van der Waals surface area contributed by atoms with E-state index in [1.54, 1.807) is 0 Å². The van der Waals surface area contributed by atoms with Gasteiger partial charge in [0.2, 0.25) is 0 Å². The number of hydrogen-bond donors (Lipinski definition) is 1. The average molecular weight is 283 g/mol. The molecular weight excluding hydrogens is 258 g/mol. The summed E-state index contributed by atoms with van der Waals surface area (Å²) in [5, 5.41) is 0. The molecule has 0 aliphatic rings. The highest BCUT2D eigenvalue weighted by atomic mass is 16.5. The zero-order chi connectivity index (χ0) is 14.9. The molecule has 0 amide bonds. The van der Waals surface area contributed by atoms with Crippen LogP contribution >= 0.6 is 0 Å². The number of rotatable bonds is 8. The topological polar surface area (TPSA) is 35.2 Å². The molecule has 0 saturated carbocycles. The predicted octanol–water partition coefficient (Wildman–Crippen LogP) is 4.50. The molecule has 2 nitrogen and oxygen atoms in total. The molecule has 0 spiro atoms. The molecule has 21 heavy (non-hydrogen) atoms. The van der Waals surface area contributed by atoms with E-state index in [0.29, 0.717) is 0 Å². The van der Waals surface area contributed by atoms with Gasteiger partial charge in [0.15, 0.2) is 0 Å². The fraction of sp³-hybridized carbons (Fsp3) is 0.368. The number of benzene rings is 2. The van der Waals surface area contributed by atoms with Crippen molar-refractivity contribution in [3.63, 3.8) is 0 Å². The van der Waals surface area contributed by atoms with Crippen molar-refractivity contribution >= 4 is 0 Å². The molecular formula is C19H25NO. The summed E-state index contributed by atoms with van der Waals surface area (Å²) in [5.74, 6) is 0.928. The van der Waals surface area contributed by atoms with Crippen LogP contribution in [0.5, 0.6) is 5.75 Å². The van der Waals surface area contributed by atoms with Crippen LogP contribution in [-0.2, 0) is 6.42 Å². The summed E-state index contributed by atoms with van der Waals surface area (Å²) in [7, 11) is 0. The molecule has 1 unspecified atom stereocenters. The first-order chi connectivity index (χ1) is 10.3. The van der Waals surface area contributed by atoms with Gasteiger partial charge in [0.05, 0.1) is 6.61 Å². The van der Waals surface area contributed by atoms with Gasteiger partial charge < -0.3 is 10.5 Å². The van der Waals surface area contributed by atoms with Crippen molar-refractivity contribution in [3.05, 3.63) is 65.7 Å². The van der Waals surface area contributed by atoms with Crippen molar-refractivity contribution in [1.29, 1.82) is 0 Å². The van der Waals surface area contributed by atoms with Crippen molar-refractivity contribution in [3.8, 4) is 5.75 Å². The normalized spacial score (nSPS) is 12.1. The van der Waals surface area contributed by atoms with E-state index in [1.165, 1.54) is 11.1 Å². The highest BCUT2D eigenvalue weighted by molar-refractivity contribution is 5.29. The first-order valence-electron chi connectivity index (χ1n) is 7.82. The Balaban J connectivity index is 1.78. The number of aryl methyl sites for hydroxylation is 1. The minimum absolute atomic E-state index is 0.105. The fourth-order valence-corrected chi connectivity index (χ4v) is 2.37. The Bertz CT molecular complexity index is 507. The summed E-state index contributed by atoms with van der Waals surface area (Å²) >= 11 is 0. The van der Waals surface area contributed by atoms with Gasteiger partial charge in [0.1, 0.15) is 5.75 Å². The Kier molecular flexibility index (Phi) is 6.29. The molecule has 2 rings (SSSR count). The Labute approximate surface area is 127 Å². The standard InChI is InChI=1S/C19H25NO/c1-2-15-21-18-13-11-17(12-14-18)19(20)10-6-9-16-7-4-3-5-8-16/h3-5,7-8,11-14,19H,2,6,9-10,15,20H2,1H3. The van der Waals surface area contributed by atoms with Gasteiger partial charge in [-0.1, -0.05) is 49.4 Å². The minimum Gasteiger partial charge on any atom is -0.494 e. The van der Waals surface area contributed by atoms with E-state index >= 15 is 0 Å². The second-order valence-corrected chi connectivity index (χ2v) is 5.40. The van der Waals surface area contributed by atoms with Crippen LogP contribution in [0.1, 0.15) is 43.4 Å². The van der Waals surface area contributed by atoms with Gasteiger partial charge in [-0.3, -0.25) is 0 Å². The van der Waals surface area contributed by atoms with E-state index in [-0.39, 0.29) is 6.04 Å². The first-order valence-corrected chi connectivity index (χ1v) is 7.82. The average Bonchev–Trinajstić information content (AvgIpc) is 2.54. The van der Waals surface area contributed by atoms with E-state index in [1.807, 2.05) is 12.1 Å². The summed E-state index contributed by atoms with van der Waals surface area (Å²) in [4.78, 5) is 0. The molecule has 0 radical (unpaired) electrons. The molecule has 112 valence electrons. The Morgan fingerprint density at radius 2 is 1.71 bits per heavy atom. The van der Waals surface area contributed by atoms with Gasteiger partial charge in [0, 0.05) is 6.04 Å². The summed E-state index contributed by atoms with van der Waals surface area (Å²) < 4.78 is 5.59. The zero-order valence-electron chi connectivity index (χ0n) is 12.8. The lowest BCUT2D eigenvalue weighted by Gasteiger charge is -2.13. The van der Waals surface area contributed by atoms with Crippen LogP contribution in [0, 0.1) is 0 Å². The summed E-state index contributed by atoms with van der Waals surface area (Å²) in [6, 6.07) is 18.9. The van der Waals surface area contributed by atoms with E-state index in [0.717, 1.165) is 38.0 Å². The maximum atomic E-state index is 6.27. The van der Waals surface area contributed by atoms with Crippen LogP contribution in [0.4, 0.5) is 0 Å². The van der Waals surface area contributed by atoms with Crippen molar-refractivity contribution in [2.75, 3.05) is 6.61 Å². The monoisotopic (exact) mass is 283 g/mol. The lowest BCUT2D eigenvalue weighted by molar-refractivity contribution is 0.317. The van der Waals surface area contributed by atoms with Gasteiger partial charge in [-0.15, -0.1) is 0 Å². The van der Waals surface area contributed by atoms with Crippen molar-refractivity contribution < 1.29 is 4.74 Å². The minimum atomic E-state index is 0.105. The molecule has 0 heterocycles. The van der Waals surface area contributed by atoms with E-state index < -0.39 is 0 Å². The van der Waals surface area contributed by atoms with Crippen molar-refractivity contribution in [2.45, 2.75) is 38.6 Å². The van der Waals surface area contributed by atoms with Gasteiger partial charge in [-0.05, 0) is 48.9 Å². The first kappa shape index (κ1) is 15.6. The molecule has 2 aromatic carbocycles. The lowest BCUT2D eigenvalue weighted by atomic mass is 10.00. The Morgan fingerprint density at radius 1 is 1.00 bits per heavy atom. The number of nitrogens with two attached hydrogens (primary N) is 1. The highest BCUT2D eigenvalue weighted by Gasteiger charge is 2.06. The Hall–Kier alpha value is -1.80. The van der Waals surface area contributed by atoms with Crippen LogP contribution in [0.2, 0.25) is 0 Å². The highest BCUT2D eigenvalue weighted by Crippen LogP contribution is 2.20. The quantitative estimate of drug-likeness (QED) is 0.774. The predicted molar refractivity (Wildman–Crippen MR) is 88.5 cm³/mol. The molecule has 0 bridgehead atoms. The second kappa shape index (κ2) is 8.48. The lowest BCUT2D eigenvalue weighted by Crippen LogP contribution is -2.10. The second-order valence-electron chi connectivity index (χ2n) is 5.40. The smallest absolute Gasteiger partial charge is 0.119 e. The molecule has 0 aliphatic heterocycles. The Morgan fingerprint density at radius 3 is 2.38 bits per heavy atom. The third kappa shape index (κ3) is 5.24. The van der Waals surface area contributed by atoms with Gasteiger partial charge >= 0.3 is 0 Å². The molecule has 0 saturated heterocycles. The fourth-order valence-electron chi connectivity index (χ4n) is 2.37. The summed E-state index contributed by atoms with van der Waals surface area (Å²) in [6.07, 6.45) is 4.23. The van der Waals surface area contributed by atoms with Gasteiger partial charge in [-0.25, -0.2) is 0 Å². The maximum Gasteiger partial charge on any atom is 0.119 e. The number of ether oxygens (including phenoxy) is 1. The van der Waals surface area contributed by atoms with Crippen LogP contribution in [0.25, 0.3) is 0 Å². The molecule has 0 aliphatic carbocycles. The van der Waals surface area contributed by atoms with Gasteiger partial charge in [0.25, 0.3) is 0 Å². The maximum absolute atomic E-state index is 6.27. The molecule has 2 heteroatoms. The third-order valence-electron chi connectivity index (χ3n) is 3.60. The summed E-state index contributed by atoms with van der Waals surface area (Å²) in [5.41, 5.74) is 8.84. The van der Waals surface area contributed by atoms with Crippen molar-refractivity contribution in [2.24, 2.45) is 5.73 Å². The number of hydrogen-bond acceptors (Lipinski definition) is 2. The van der Waals surface area contributed by atoms with E-state index in [9.17, 15) is 0 Å². The molecule has 2 N–H and O–H groups in total. The van der Waals surface area contributed by atoms with Crippen LogP contribution in [0.3, 0.4) is 0 Å². The third-order valence-corrected chi connectivity index (χ3v) is 3.60. The van der Waals surface area contributed by atoms with Gasteiger partial charge in [-0.2, -0.15) is 0 Å². The molecule has 0 aromatic heterocycles. The van der Waals surface area contributed by atoms with Crippen molar-refractivity contribution in [1.82, 2.24) is 0 Å². The molecule has 0 fully saturated rings. The molecule has 2 aromatic rings. The van der Waals surface area contributed by atoms with E-state index in [2.05, 4.69) is 49.4 Å². The van der Waals surface area contributed by atoms with Crippen LogP contribution in [-0.4, -0.2) is 6.61 Å². The SMILES string of the molecule is CCCOc1ccc(C(N)CCCc2ccccc2)cc1. The van der Waals surface area contributed by atoms with E-state index in [4.69, 9.17) is 10.5 Å².